The van der Waals surface area contributed by atoms with Crippen molar-refractivity contribution in [3.05, 3.63) is 47.2 Å². The number of carbonyl (C=O) groups is 2. The molecule has 0 aliphatic rings. The Morgan fingerprint density at radius 3 is 2.45 bits per heavy atom. The summed E-state index contributed by atoms with van der Waals surface area (Å²) < 4.78 is 12.3. The third-order valence-electron chi connectivity index (χ3n) is 4.38. The molecule has 1 heterocycles. The van der Waals surface area contributed by atoms with E-state index in [0.29, 0.717) is 6.42 Å². The molecule has 6 heteroatoms. The van der Waals surface area contributed by atoms with Gasteiger partial charge in [0, 0.05) is 23.9 Å². The van der Waals surface area contributed by atoms with Crippen LogP contribution >= 0.6 is 0 Å². The van der Waals surface area contributed by atoms with Crippen LogP contribution in [0.1, 0.15) is 52.8 Å². The predicted octanol–water partition coefficient (Wildman–Crippen LogP) is 4.37. The summed E-state index contributed by atoms with van der Waals surface area (Å²) in [5, 5.41) is 0.885. The lowest BCUT2D eigenvalue weighted by Gasteiger charge is -2.21. The van der Waals surface area contributed by atoms with Gasteiger partial charge in [0.2, 0.25) is 0 Å². The first kappa shape index (κ1) is 22.7. The van der Waals surface area contributed by atoms with E-state index in [0.717, 1.165) is 27.7 Å². The molecule has 0 unspecified atom stereocenters. The van der Waals surface area contributed by atoms with Crippen molar-refractivity contribution in [2.75, 3.05) is 6.61 Å². The summed E-state index contributed by atoms with van der Waals surface area (Å²) in [6.07, 6.45) is 2.42. The average molecular weight is 401 g/mol. The van der Waals surface area contributed by atoms with Gasteiger partial charge >= 0.3 is 12.1 Å². The van der Waals surface area contributed by atoms with Gasteiger partial charge in [-0.1, -0.05) is 29.8 Å². The molecule has 158 valence electrons. The van der Waals surface area contributed by atoms with Crippen molar-refractivity contribution in [3.8, 4) is 0 Å². The van der Waals surface area contributed by atoms with Crippen molar-refractivity contribution < 1.29 is 19.1 Å². The summed E-state index contributed by atoms with van der Waals surface area (Å²) in [7, 11) is 0. The van der Waals surface area contributed by atoms with Crippen LogP contribution < -0.4 is 5.73 Å². The van der Waals surface area contributed by atoms with Gasteiger partial charge in [0.1, 0.15) is 11.6 Å². The van der Waals surface area contributed by atoms with Crippen LogP contribution in [0.25, 0.3) is 10.9 Å². The zero-order chi connectivity index (χ0) is 21.8. The van der Waals surface area contributed by atoms with Crippen molar-refractivity contribution in [1.82, 2.24) is 4.57 Å². The minimum Gasteiger partial charge on any atom is -0.465 e. The zero-order valence-corrected chi connectivity index (χ0v) is 18.2. The van der Waals surface area contributed by atoms with Crippen LogP contribution in [0.15, 0.2) is 35.9 Å². The highest BCUT2D eigenvalue weighted by molar-refractivity contribution is 5.94. The smallest absolute Gasteiger partial charge is 0.419 e. The van der Waals surface area contributed by atoms with E-state index in [-0.39, 0.29) is 13.0 Å². The minimum atomic E-state index is -0.807. The van der Waals surface area contributed by atoms with E-state index in [2.05, 4.69) is 6.08 Å². The van der Waals surface area contributed by atoms with Gasteiger partial charge in [-0.25, -0.2) is 9.36 Å². The molecular formula is C23H32N2O4. The number of carbonyl (C=O) groups excluding carboxylic acids is 2. The SMILES string of the molecule is CCOC(=O)[C@H](N)Cc1c(CC=C(C)C)n(C(=O)OC(C)(C)C)c2ccccc12. The Morgan fingerprint density at radius 2 is 1.86 bits per heavy atom. The van der Waals surface area contributed by atoms with Gasteiger partial charge in [-0.2, -0.15) is 0 Å². The van der Waals surface area contributed by atoms with Gasteiger partial charge in [-0.15, -0.1) is 0 Å². The molecule has 2 rings (SSSR count). The number of nitrogens with two attached hydrogens (primary N) is 1. The topological polar surface area (TPSA) is 83.5 Å². The molecule has 2 aromatic rings. The molecule has 2 N–H and O–H groups in total. The molecule has 0 saturated carbocycles. The molecule has 0 radical (unpaired) electrons. The Hall–Kier alpha value is -2.60. The van der Waals surface area contributed by atoms with Crippen molar-refractivity contribution in [3.63, 3.8) is 0 Å². The maximum absolute atomic E-state index is 13.1. The number of para-hydroxylation sites is 1. The van der Waals surface area contributed by atoms with E-state index in [9.17, 15) is 9.59 Å². The van der Waals surface area contributed by atoms with E-state index in [4.69, 9.17) is 15.2 Å². The third-order valence-corrected chi connectivity index (χ3v) is 4.38. The lowest BCUT2D eigenvalue weighted by Crippen LogP contribution is -2.34. The highest BCUT2D eigenvalue weighted by Gasteiger charge is 2.27. The first-order valence-electron chi connectivity index (χ1n) is 9.95. The summed E-state index contributed by atoms with van der Waals surface area (Å²) in [5.74, 6) is -0.449. The molecule has 0 bridgehead atoms. The van der Waals surface area contributed by atoms with Crippen LogP contribution in [-0.4, -0.2) is 34.9 Å². The van der Waals surface area contributed by atoms with Gasteiger partial charge < -0.3 is 15.2 Å². The minimum absolute atomic E-state index is 0.275. The van der Waals surface area contributed by atoms with Gasteiger partial charge in [0.15, 0.2) is 0 Å². The second kappa shape index (κ2) is 9.27. The first-order valence-corrected chi connectivity index (χ1v) is 9.95. The van der Waals surface area contributed by atoms with E-state index in [1.807, 2.05) is 58.9 Å². The molecule has 1 aromatic carbocycles. The van der Waals surface area contributed by atoms with Gasteiger partial charge in [-0.05, 0) is 53.2 Å². The third kappa shape index (κ3) is 5.70. The van der Waals surface area contributed by atoms with Crippen molar-refractivity contribution >= 4 is 23.0 Å². The Labute approximate surface area is 172 Å². The molecule has 0 saturated heterocycles. The van der Waals surface area contributed by atoms with Crippen LogP contribution in [0.2, 0.25) is 0 Å². The van der Waals surface area contributed by atoms with E-state index in [1.54, 1.807) is 11.5 Å². The highest BCUT2D eigenvalue weighted by atomic mass is 16.6. The van der Waals surface area contributed by atoms with Crippen molar-refractivity contribution in [2.45, 2.75) is 66.0 Å². The summed E-state index contributed by atoms with van der Waals surface area (Å²) in [5.41, 5.74) is 9.01. The van der Waals surface area contributed by atoms with E-state index in [1.165, 1.54) is 0 Å². The number of allylic oxidation sites excluding steroid dienone is 2. The molecule has 1 atom stereocenters. The predicted molar refractivity (Wildman–Crippen MR) is 115 cm³/mol. The zero-order valence-electron chi connectivity index (χ0n) is 18.2. The fourth-order valence-electron chi connectivity index (χ4n) is 3.17. The Bertz CT molecular complexity index is 915. The first-order chi connectivity index (χ1) is 13.5. The molecule has 0 spiro atoms. The molecule has 0 amide bonds. The number of benzene rings is 1. The number of hydrogen-bond acceptors (Lipinski definition) is 5. The molecule has 0 fully saturated rings. The van der Waals surface area contributed by atoms with E-state index < -0.39 is 23.7 Å². The Kier molecular flexibility index (Phi) is 7.25. The van der Waals surface area contributed by atoms with Gasteiger partial charge in [0.25, 0.3) is 0 Å². The van der Waals surface area contributed by atoms with Crippen LogP contribution in [0.4, 0.5) is 4.79 Å². The number of fused-ring (bicyclic) bond motifs is 1. The maximum Gasteiger partial charge on any atom is 0.419 e. The molecule has 29 heavy (non-hydrogen) atoms. The normalized spacial score (nSPS) is 12.5. The lowest BCUT2D eigenvalue weighted by molar-refractivity contribution is -0.144. The molecule has 6 nitrogen and oxygen atoms in total. The highest BCUT2D eigenvalue weighted by Crippen LogP contribution is 2.29. The summed E-state index contributed by atoms with van der Waals surface area (Å²) in [6, 6.07) is 6.80. The van der Waals surface area contributed by atoms with Crippen LogP contribution in [0.5, 0.6) is 0 Å². The average Bonchev–Trinajstić information content (AvgIpc) is 2.92. The summed E-state index contributed by atoms with van der Waals surface area (Å²) >= 11 is 0. The fraction of sp³-hybridized carbons (Fsp3) is 0.478. The Morgan fingerprint density at radius 1 is 1.21 bits per heavy atom. The standard InChI is InChI=1S/C23H32N2O4/c1-7-28-21(26)18(24)14-17-16-10-8-9-11-19(16)25(20(17)13-12-15(2)3)22(27)29-23(4,5)6/h8-12,18H,7,13-14,24H2,1-6H3/t18-/m1/s1. The quantitative estimate of drug-likeness (QED) is 0.575. The molecule has 0 aliphatic carbocycles. The molecule has 0 aliphatic heterocycles. The van der Waals surface area contributed by atoms with Gasteiger partial charge in [0.05, 0.1) is 12.1 Å². The maximum atomic E-state index is 13.1. The van der Waals surface area contributed by atoms with Crippen molar-refractivity contribution in [1.29, 1.82) is 0 Å². The largest absolute Gasteiger partial charge is 0.465 e. The summed E-state index contributed by atoms with van der Waals surface area (Å²) in [6.45, 7) is 11.5. The molecular weight excluding hydrogens is 368 g/mol. The second-order valence-corrected chi connectivity index (χ2v) is 8.31. The number of esters is 1. The van der Waals surface area contributed by atoms with Crippen molar-refractivity contribution in [2.24, 2.45) is 5.73 Å². The monoisotopic (exact) mass is 400 g/mol. The van der Waals surface area contributed by atoms with Crippen LogP contribution in [0, 0.1) is 0 Å². The van der Waals surface area contributed by atoms with Gasteiger partial charge in [-0.3, -0.25) is 4.79 Å². The second-order valence-electron chi connectivity index (χ2n) is 8.31. The van der Waals surface area contributed by atoms with Crippen LogP contribution in [-0.2, 0) is 27.1 Å². The summed E-state index contributed by atoms with van der Waals surface area (Å²) in [4.78, 5) is 25.2. The number of ether oxygens (including phenoxy) is 2. The number of nitrogens with zero attached hydrogens (tertiary/aromatic N) is 1. The number of aromatic nitrogens is 1. The number of rotatable bonds is 6. The fourth-order valence-corrected chi connectivity index (χ4v) is 3.17. The van der Waals surface area contributed by atoms with E-state index >= 15 is 0 Å². The molecule has 1 aromatic heterocycles. The Balaban J connectivity index is 2.64. The number of hydrogen-bond donors (Lipinski definition) is 1. The lowest BCUT2D eigenvalue weighted by atomic mass is 10.0. The van der Waals surface area contributed by atoms with Crippen LogP contribution in [0.3, 0.4) is 0 Å².